The number of rotatable bonds is 4. The van der Waals surface area contributed by atoms with Crippen LogP contribution in [0.4, 0.5) is 0 Å². The number of hydrogen-bond donors (Lipinski definition) is 1. The van der Waals surface area contributed by atoms with Crippen molar-refractivity contribution in [1.82, 2.24) is 4.90 Å². The quantitative estimate of drug-likeness (QED) is 0.533. The number of ether oxygens (including phenoxy) is 2. The van der Waals surface area contributed by atoms with Gasteiger partial charge in [-0.2, -0.15) is 0 Å². The molecule has 2 atom stereocenters. The van der Waals surface area contributed by atoms with Crippen LogP contribution in [0, 0.1) is 0 Å². The summed E-state index contributed by atoms with van der Waals surface area (Å²) in [4.78, 5) is 25.0. The highest BCUT2D eigenvalue weighted by atomic mass is 16.5. The minimum atomic E-state index is -1.22. The number of esters is 1. The Hall–Kier alpha value is -1.14. The van der Waals surface area contributed by atoms with Crippen molar-refractivity contribution in [1.29, 1.82) is 0 Å². The van der Waals surface area contributed by atoms with E-state index in [1.165, 1.54) is 0 Å². The van der Waals surface area contributed by atoms with Crippen molar-refractivity contribution >= 4 is 11.9 Å². The van der Waals surface area contributed by atoms with E-state index in [9.17, 15) is 9.59 Å². The van der Waals surface area contributed by atoms with Crippen molar-refractivity contribution < 1.29 is 19.1 Å². The third-order valence-corrected chi connectivity index (χ3v) is 2.79. The normalized spacial score (nSPS) is 22.1. The molecule has 2 unspecified atom stereocenters. The molecule has 0 aromatic carbocycles. The van der Waals surface area contributed by atoms with E-state index in [2.05, 4.69) is 0 Å². The molecule has 0 aromatic rings. The zero-order valence-electron chi connectivity index (χ0n) is 10.3. The van der Waals surface area contributed by atoms with Gasteiger partial charge in [0.1, 0.15) is 0 Å². The fraction of sp³-hybridized carbons (Fsp3) is 0.818. The molecule has 1 rings (SSSR count). The van der Waals surface area contributed by atoms with E-state index in [1.54, 1.807) is 11.8 Å². The third-order valence-electron chi connectivity index (χ3n) is 2.79. The second kappa shape index (κ2) is 6.56. The van der Waals surface area contributed by atoms with Crippen molar-refractivity contribution in [3.8, 4) is 0 Å². The fourth-order valence-corrected chi connectivity index (χ4v) is 1.79. The van der Waals surface area contributed by atoms with Gasteiger partial charge in [0.05, 0.1) is 25.9 Å². The highest BCUT2D eigenvalue weighted by Crippen LogP contribution is 2.11. The molecule has 98 valence electrons. The van der Waals surface area contributed by atoms with Crippen molar-refractivity contribution in [2.75, 3.05) is 26.4 Å². The topological polar surface area (TPSA) is 81.9 Å². The lowest BCUT2D eigenvalue weighted by Crippen LogP contribution is -2.56. The highest BCUT2D eigenvalue weighted by molar-refractivity contribution is 6.01. The Kier molecular flexibility index (Phi) is 5.37. The maximum atomic E-state index is 12.0. The summed E-state index contributed by atoms with van der Waals surface area (Å²) in [6.45, 7) is 5.33. The number of hydrogen-bond acceptors (Lipinski definition) is 5. The maximum absolute atomic E-state index is 12.0. The summed E-state index contributed by atoms with van der Waals surface area (Å²) < 4.78 is 10.0. The molecule has 1 aliphatic heterocycles. The molecule has 1 aliphatic rings. The van der Waals surface area contributed by atoms with Gasteiger partial charge in [-0.3, -0.25) is 4.79 Å². The van der Waals surface area contributed by atoms with Crippen LogP contribution in [0.2, 0.25) is 0 Å². The average Bonchev–Trinajstić information content (AvgIpc) is 2.37. The summed E-state index contributed by atoms with van der Waals surface area (Å²) in [7, 11) is 0. The molecule has 0 saturated carbocycles. The molecule has 17 heavy (non-hydrogen) atoms. The van der Waals surface area contributed by atoms with Crippen LogP contribution in [-0.4, -0.2) is 55.2 Å². The average molecular weight is 244 g/mol. The molecule has 1 amide bonds. The van der Waals surface area contributed by atoms with E-state index in [1.807, 2.05) is 6.92 Å². The molecule has 0 bridgehead atoms. The molecule has 6 heteroatoms. The van der Waals surface area contributed by atoms with Crippen LogP contribution >= 0.6 is 0 Å². The van der Waals surface area contributed by atoms with Gasteiger partial charge >= 0.3 is 5.97 Å². The van der Waals surface area contributed by atoms with E-state index in [0.29, 0.717) is 19.8 Å². The number of carbonyl (C=O) groups is 2. The van der Waals surface area contributed by atoms with E-state index in [0.717, 1.165) is 6.42 Å². The SMILES string of the molecule is CCOC(=O)C(N)C(=O)N1CCOCC1CC. The van der Waals surface area contributed by atoms with Crippen LogP contribution in [0.1, 0.15) is 20.3 Å². The van der Waals surface area contributed by atoms with Crippen LogP contribution in [0.3, 0.4) is 0 Å². The van der Waals surface area contributed by atoms with Crippen LogP contribution < -0.4 is 5.73 Å². The third kappa shape index (κ3) is 3.41. The molecular weight excluding hydrogens is 224 g/mol. The van der Waals surface area contributed by atoms with Gasteiger partial charge in [-0.05, 0) is 13.3 Å². The molecule has 0 radical (unpaired) electrons. The van der Waals surface area contributed by atoms with Crippen molar-refractivity contribution in [2.45, 2.75) is 32.4 Å². The molecular formula is C11H20N2O4. The number of morpholine rings is 1. The van der Waals surface area contributed by atoms with Gasteiger partial charge in [-0.15, -0.1) is 0 Å². The summed E-state index contributed by atoms with van der Waals surface area (Å²) in [5.74, 6) is -1.04. The summed E-state index contributed by atoms with van der Waals surface area (Å²) in [6, 6.07) is -1.22. The first-order valence-electron chi connectivity index (χ1n) is 5.92. The van der Waals surface area contributed by atoms with Gasteiger partial charge in [-0.1, -0.05) is 6.92 Å². The van der Waals surface area contributed by atoms with Crippen molar-refractivity contribution in [3.63, 3.8) is 0 Å². The number of nitrogens with two attached hydrogens (primary N) is 1. The number of nitrogens with zero attached hydrogens (tertiary/aromatic N) is 1. The lowest BCUT2D eigenvalue weighted by molar-refractivity contribution is -0.154. The van der Waals surface area contributed by atoms with E-state index in [4.69, 9.17) is 15.2 Å². The zero-order valence-corrected chi connectivity index (χ0v) is 10.3. The van der Waals surface area contributed by atoms with Gasteiger partial charge in [0, 0.05) is 6.54 Å². The van der Waals surface area contributed by atoms with Gasteiger partial charge in [0.2, 0.25) is 0 Å². The largest absolute Gasteiger partial charge is 0.464 e. The lowest BCUT2D eigenvalue weighted by atomic mass is 10.1. The van der Waals surface area contributed by atoms with Gasteiger partial charge < -0.3 is 20.1 Å². The van der Waals surface area contributed by atoms with Crippen molar-refractivity contribution in [2.24, 2.45) is 5.73 Å². The van der Waals surface area contributed by atoms with E-state index >= 15 is 0 Å². The second-order valence-corrected chi connectivity index (χ2v) is 3.90. The first-order chi connectivity index (χ1) is 8.11. The molecule has 0 aromatic heterocycles. The fourth-order valence-electron chi connectivity index (χ4n) is 1.79. The van der Waals surface area contributed by atoms with Gasteiger partial charge in [0.15, 0.2) is 6.04 Å². The zero-order chi connectivity index (χ0) is 12.8. The Labute approximate surface area is 101 Å². The van der Waals surface area contributed by atoms with Crippen LogP contribution in [0.25, 0.3) is 0 Å². The minimum Gasteiger partial charge on any atom is -0.464 e. The standard InChI is InChI=1S/C11H20N2O4/c1-3-8-7-16-6-5-13(8)10(14)9(12)11(15)17-4-2/h8-9H,3-7,12H2,1-2H3. The predicted octanol–water partition coefficient (Wildman–Crippen LogP) is -0.486. The van der Waals surface area contributed by atoms with Gasteiger partial charge in [0.25, 0.3) is 5.91 Å². The number of amides is 1. The molecule has 2 N–H and O–H groups in total. The van der Waals surface area contributed by atoms with Gasteiger partial charge in [-0.25, -0.2) is 4.79 Å². The Bertz CT molecular complexity index is 283. The Morgan fingerprint density at radius 2 is 2.24 bits per heavy atom. The Morgan fingerprint density at radius 3 is 2.82 bits per heavy atom. The molecule has 1 saturated heterocycles. The molecule has 1 fully saturated rings. The molecule has 0 aliphatic carbocycles. The summed E-state index contributed by atoms with van der Waals surface area (Å²) in [5.41, 5.74) is 5.59. The number of carbonyl (C=O) groups excluding carboxylic acids is 2. The Balaban J connectivity index is 2.63. The lowest BCUT2D eigenvalue weighted by Gasteiger charge is -2.36. The summed E-state index contributed by atoms with van der Waals surface area (Å²) in [5, 5.41) is 0. The Morgan fingerprint density at radius 1 is 1.53 bits per heavy atom. The summed E-state index contributed by atoms with van der Waals surface area (Å²) in [6.07, 6.45) is 0.779. The van der Waals surface area contributed by atoms with E-state index < -0.39 is 12.0 Å². The molecule has 0 spiro atoms. The summed E-state index contributed by atoms with van der Waals surface area (Å²) >= 11 is 0. The van der Waals surface area contributed by atoms with Crippen LogP contribution in [0.15, 0.2) is 0 Å². The minimum absolute atomic E-state index is 0.00303. The highest BCUT2D eigenvalue weighted by Gasteiger charge is 2.33. The second-order valence-electron chi connectivity index (χ2n) is 3.90. The first-order valence-corrected chi connectivity index (χ1v) is 5.92. The first kappa shape index (κ1) is 13.9. The monoisotopic (exact) mass is 244 g/mol. The smallest absolute Gasteiger partial charge is 0.332 e. The van der Waals surface area contributed by atoms with Crippen LogP contribution in [-0.2, 0) is 19.1 Å². The maximum Gasteiger partial charge on any atom is 0.332 e. The molecule has 6 nitrogen and oxygen atoms in total. The van der Waals surface area contributed by atoms with Crippen molar-refractivity contribution in [3.05, 3.63) is 0 Å². The predicted molar refractivity (Wildman–Crippen MR) is 61.2 cm³/mol. The van der Waals surface area contributed by atoms with E-state index in [-0.39, 0.29) is 18.6 Å². The molecule has 1 heterocycles. The van der Waals surface area contributed by atoms with Crippen LogP contribution in [0.5, 0.6) is 0 Å².